The van der Waals surface area contributed by atoms with Crippen LogP contribution in [0.4, 0.5) is 23.0 Å². The van der Waals surface area contributed by atoms with Crippen molar-refractivity contribution in [1.82, 2.24) is 9.97 Å². The van der Waals surface area contributed by atoms with Crippen LogP contribution < -0.4 is 15.1 Å². The van der Waals surface area contributed by atoms with E-state index in [1.54, 1.807) is 6.33 Å². The van der Waals surface area contributed by atoms with E-state index in [1.165, 1.54) is 11.4 Å². The highest BCUT2D eigenvalue weighted by molar-refractivity contribution is 5.79. The van der Waals surface area contributed by atoms with Gasteiger partial charge in [-0.3, -0.25) is 0 Å². The first-order valence-electron chi connectivity index (χ1n) is 6.79. The molecule has 0 saturated heterocycles. The molecule has 20 heavy (non-hydrogen) atoms. The summed E-state index contributed by atoms with van der Waals surface area (Å²) in [6.45, 7) is 3.96. The van der Waals surface area contributed by atoms with Gasteiger partial charge in [0, 0.05) is 32.7 Å². The lowest BCUT2D eigenvalue weighted by Crippen LogP contribution is -2.37. The number of likely N-dealkylation sites (N-methyl/N-ethyl adjacent to an activating group) is 1. The van der Waals surface area contributed by atoms with Gasteiger partial charge in [0.25, 0.3) is 0 Å². The van der Waals surface area contributed by atoms with Gasteiger partial charge < -0.3 is 15.1 Å². The molecule has 0 radical (unpaired) electrons. The number of anilines is 4. The van der Waals surface area contributed by atoms with E-state index in [9.17, 15) is 0 Å². The van der Waals surface area contributed by atoms with Crippen LogP contribution in [0.25, 0.3) is 0 Å². The van der Waals surface area contributed by atoms with Crippen LogP contribution >= 0.6 is 0 Å². The maximum atomic E-state index is 4.49. The summed E-state index contributed by atoms with van der Waals surface area (Å²) in [5.74, 6) is 1.86. The molecule has 0 atom stereocenters. The van der Waals surface area contributed by atoms with E-state index in [0.717, 1.165) is 30.3 Å². The number of benzene rings is 1. The number of hydrogen-bond acceptors (Lipinski definition) is 5. The summed E-state index contributed by atoms with van der Waals surface area (Å²) in [6.07, 6.45) is 1.62. The lowest BCUT2D eigenvalue weighted by molar-refractivity contribution is 0.809. The molecule has 0 amide bonds. The first-order chi connectivity index (χ1) is 9.72. The molecule has 3 rings (SSSR count). The van der Waals surface area contributed by atoms with E-state index in [0.29, 0.717) is 0 Å². The van der Waals surface area contributed by atoms with Gasteiger partial charge in [0.05, 0.1) is 11.4 Å². The van der Waals surface area contributed by atoms with Gasteiger partial charge in [-0.25, -0.2) is 9.97 Å². The predicted molar refractivity (Wildman–Crippen MR) is 83.0 cm³/mol. The van der Waals surface area contributed by atoms with Crippen LogP contribution in [0, 0.1) is 6.92 Å². The predicted octanol–water partition coefficient (Wildman–Crippen LogP) is 2.41. The van der Waals surface area contributed by atoms with Crippen molar-refractivity contribution in [3.8, 4) is 0 Å². The van der Waals surface area contributed by atoms with Crippen LogP contribution in [-0.4, -0.2) is 37.2 Å². The van der Waals surface area contributed by atoms with Gasteiger partial charge in [0.2, 0.25) is 0 Å². The van der Waals surface area contributed by atoms with E-state index >= 15 is 0 Å². The Kier molecular flexibility index (Phi) is 3.18. The van der Waals surface area contributed by atoms with Crippen molar-refractivity contribution in [2.24, 2.45) is 0 Å². The first-order valence-corrected chi connectivity index (χ1v) is 6.79. The molecular weight excluding hydrogens is 250 g/mol. The topological polar surface area (TPSA) is 44.3 Å². The molecule has 2 aromatic rings. The van der Waals surface area contributed by atoms with Gasteiger partial charge in [-0.1, -0.05) is 12.1 Å². The zero-order valence-electron chi connectivity index (χ0n) is 12.1. The normalized spacial score (nSPS) is 14.2. The van der Waals surface area contributed by atoms with Crippen molar-refractivity contribution in [2.45, 2.75) is 6.92 Å². The van der Waals surface area contributed by atoms with E-state index in [2.05, 4.69) is 63.3 Å². The third kappa shape index (κ3) is 1.95. The molecular formula is C15H19N5. The van der Waals surface area contributed by atoms with Gasteiger partial charge >= 0.3 is 0 Å². The molecule has 2 heterocycles. The smallest absolute Gasteiger partial charge is 0.141 e. The maximum absolute atomic E-state index is 4.49. The maximum Gasteiger partial charge on any atom is 0.141 e. The number of nitrogens with one attached hydrogen (secondary N) is 1. The number of fused-ring (bicyclic) bond motifs is 1. The second kappa shape index (κ2) is 5.00. The number of hydrogen-bond donors (Lipinski definition) is 1. The third-order valence-corrected chi connectivity index (χ3v) is 3.79. The molecule has 1 aliphatic heterocycles. The van der Waals surface area contributed by atoms with Crippen LogP contribution in [0.5, 0.6) is 0 Å². The minimum Gasteiger partial charge on any atom is -0.373 e. The van der Waals surface area contributed by atoms with Crippen LogP contribution in [-0.2, 0) is 0 Å². The molecule has 5 nitrogen and oxygen atoms in total. The molecule has 0 saturated carbocycles. The van der Waals surface area contributed by atoms with Crippen LogP contribution in [0.15, 0.2) is 30.6 Å². The van der Waals surface area contributed by atoms with Crippen LogP contribution in [0.1, 0.15) is 5.56 Å². The Morgan fingerprint density at radius 3 is 2.60 bits per heavy atom. The monoisotopic (exact) mass is 269 g/mol. The molecule has 5 heteroatoms. The summed E-state index contributed by atoms with van der Waals surface area (Å²) in [4.78, 5) is 13.3. The first kappa shape index (κ1) is 12.7. The molecule has 0 spiro atoms. The van der Waals surface area contributed by atoms with Crippen molar-refractivity contribution in [2.75, 3.05) is 42.3 Å². The summed E-state index contributed by atoms with van der Waals surface area (Å²) in [5.41, 5.74) is 3.52. The molecule has 104 valence electrons. The molecule has 1 aromatic heterocycles. The average Bonchev–Trinajstić information content (AvgIpc) is 2.49. The van der Waals surface area contributed by atoms with Gasteiger partial charge in [-0.2, -0.15) is 0 Å². The average molecular weight is 269 g/mol. The highest BCUT2D eigenvalue weighted by Gasteiger charge is 2.23. The lowest BCUT2D eigenvalue weighted by Gasteiger charge is -2.36. The second-order valence-electron chi connectivity index (χ2n) is 4.98. The largest absolute Gasteiger partial charge is 0.373 e. The van der Waals surface area contributed by atoms with Gasteiger partial charge in [-0.15, -0.1) is 0 Å². The third-order valence-electron chi connectivity index (χ3n) is 3.79. The van der Waals surface area contributed by atoms with Crippen molar-refractivity contribution >= 4 is 23.0 Å². The Labute approximate surface area is 119 Å². The van der Waals surface area contributed by atoms with Crippen LogP contribution in [0.3, 0.4) is 0 Å². The fourth-order valence-corrected chi connectivity index (χ4v) is 2.69. The Morgan fingerprint density at radius 2 is 1.85 bits per heavy atom. The second-order valence-corrected chi connectivity index (χ2v) is 4.98. The standard InChI is InChI=1S/C15H19N5/c1-11-14(16-2)17-10-18-15(11)20-9-8-19(3)12-6-4-5-7-13(12)20/h4-7,10H,8-9H2,1-3H3,(H,16,17,18). The number of para-hydroxylation sites is 2. The summed E-state index contributed by atoms with van der Waals surface area (Å²) >= 11 is 0. The SMILES string of the molecule is CNc1ncnc(N2CCN(C)c3ccccc32)c1C. The number of rotatable bonds is 2. The van der Waals surface area contributed by atoms with Crippen molar-refractivity contribution in [1.29, 1.82) is 0 Å². The van der Waals surface area contributed by atoms with Gasteiger partial charge in [0.1, 0.15) is 18.0 Å². The molecule has 0 bridgehead atoms. The zero-order valence-corrected chi connectivity index (χ0v) is 12.1. The molecule has 0 unspecified atom stereocenters. The van der Waals surface area contributed by atoms with Gasteiger partial charge in [-0.05, 0) is 19.1 Å². The highest BCUT2D eigenvalue weighted by atomic mass is 15.3. The zero-order chi connectivity index (χ0) is 14.1. The molecule has 0 fully saturated rings. The van der Waals surface area contributed by atoms with Crippen molar-refractivity contribution in [3.63, 3.8) is 0 Å². The van der Waals surface area contributed by atoms with Crippen LogP contribution in [0.2, 0.25) is 0 Å². The fraction of sp³-hybridized carbons (Fsp3) is 0.333. The number of aromatic nitrogens is 2. The van der Waals surface area contributed by atoms with Crippen molar-refractivity contribution in [3.05, 3.63) is 36.2 Å². The van der Waals surface area contributed by atoms with E-state index in [4.69, 9.17) is 0 Å². The molecule has 0 aliphatic carbocycles. The summed E-state index contributed by atoms with van der Waals surface area (Å²) in [6, 6.07) is 8.44. The van der Waals surface area contributed by atoms with E-state index in [-0.39, 0.29) is 0 Å². The Bertz CT molecular complexity index is 625. The highest BCUT2D eigenvalue weighted by Crippen LogP contribution is 2.37. The Balaban J connectivity index is 2.10. The van der Waals surface area contributed by atoms with E-state index in [1.807, 2.05) is 7.05 Å². The Hall–Kier alpha value is -2.30. The summed E-state index contributed by atoms with van der Waals surface area (Å²) in [7, 11) is 4.01. The Morgan fingerprint density at radius 1 is 1.10 bits per heavy atom. The summed E-state index contributed by atoms with van der Waals surface area (Å²) < 4.78 is 0. The molecule has 1 aromatic carbocycles. The number of nitrogens with zero attached hydrogens (tertiary/aromatic N) is 4. The molecule has 1 aliphatic rings. The van der Waals surface area contributed by atoms with Gasteiger partial charge in [0.15, 0.2) is 0 Å². The fourth-order valence-electron chi connectivity index (χ4n) is 2.69. The quantitative estimate of drug-likeness (QED) is 0.907. The summed E-state index contributed by atoms with van der Waals surface area (Å²) in [5, 5.41) is 3.12. The van der Waals surface area contributed by atoms with Crippen molar-refractivity contribution < 1.29 is 0 Å². The minimum atomic E-state index is 0.881. The lowest BCUT2D eigenvalue weighted by atomic mass is 10.1. The molecule has 1 N–H and O–H groups in total. The van der Waals surface area contributed by atoms with E-state index < -0.39 is 0 Å². The minimum absolute atomic E-state index is 0.881.